The van der Waals surface area contributed by atoms with E-state index in [2.05, 4.69) is 46.6 Å². The van der Waals surface area contributed by atoms with E-state index in [1.807, 2.05) is 0 Å². The molecule has 0 atom stereocenters. The summed E-state index contributed by atoms with van der Waals surface area (Å²) in [6, 6.07) is 8.82. The zero-order chi connectivity index (χ0) is 12.4. The molecular weight excluding hydrogens is 240 g/mol. The van der Waals surface area contributed by atoms with Gasteiger partial charge in [0.25, 0.3) is 0 Å². The molecule has 0 unspecified atom stereocenters. The standard InChI is InChI=1S/C15H17N2S/c1-2-14-15(16-11-18-14)12-5-7-13(8-6-12)17-9-3-4-10-17/h5-8H,2-4,9-10H2,1H3. The van der Waals surface area contributed by atoms with Crippen LogP contribution in [0.25, 0.3) is 11.3 Å². The highest BCUT2D eigenvalue weighted by molar-refractivity contribution is 7.09. The molecule has 1 fully saturated rings. The fraction of sp³-hybridized carbons (Fsp3) is 0.400. The monoisotopic (exact) mass is 257 g/mol. The van der Waals surface area contributed by atoms with Crippen molar-refractivity contribution in [3.63, 3.8) is 0 Å². The molecule has 1 saturated heterocycles. The lowest BCUT2D eigenvalue weighted by atomic mass is 10.1. The van der Waals surface area contributed by atoms with Crippen LogP contribution in [0.2, 0.25) is 0 Å². The van der Waals surface area contributed by atoms with Crippen LogP contribution in [-0.2, 0) is 6.42 Å². The highest BCUT2D eigenvalue weighted by atomic mass is 32.1. The van der Waals surface area contributed by atoms with Crippen LogP contribution in [0.4, 0.5) is 5.69 Å². The molecule has 0 aliphatic carbocycles. The lowest BCUT2D eigenvalue weighted by Crippen LogP contribution is -2.17. The highest BCUT2D eigenvalue weighted by Crippen LogP contribution is 2.28. The molecule has 1 aliphatic rings. The second kappa shape index (κ2) is 5.11. The van der Waals surface area contributed by atoms with Gasteiger partial charge in [-0.3, -0.25) is 0 Å². The fourth-order valence-corrected chi connectivity index (χ4v) is 3.16. The Morgan fingerprint density at radius 3 is 2.61 bits per heavy atom. The van der Waals surface area contributed by atoms with E-state index >= 15 is 0 Å². The van der Waals surface area contributed by atoms with Gasteiger partial charge in [0.1, 0.15) is 0 Å². The van der Waals surface area contributed by atoms with Crippen LogP contribution in [0.15, 0.2) is 24.3 Å². The van der Waals surface area contributed by atoms with Crippen LogP contribution in [0.5, 0.6) is 0 Å². The maximum Gasteiger partial charge on any atom is 0.153 e. The minimum Gasteiger partial charge on any atom is -0.372 e. The van der Waals surface area contributed by atoms with Gasteiger partial charge in [-0.1, -0.05) is 19.1 Å². The predicted molar refractivity (Wildman–Crippen MR) is 77.2 cm³/mol. The molecule has 18 heavy (non-hydrogen) atoms. The molecule has 0 amide bonds. The minimum absolute atomic E-state index is 1.03. The third-order valence-corrected chi connectivity index (χ3v) is 4.43. The van der Waals surface area contributed by atoms with E-state index in [9.17, 15) is 0 Å². The maximum atomic E-state index is 4.36. The van der Waals surface area contributed by atoms with Crippen LogP contribution in [0.3, 0.4) is 0 Å². The first-order valence-corrected chi connectivity index (χ1v) is 7.41. The van der Waals surface area contributed by atoms with E-state index in [1.54, 1.807) is 11.3 Å². The molecule has 93 valence electrons. The molecule has 1 aliphatic heterocycles. The molecule has 1 radical (unpaired) electrons. The first-order valence-electron chi connectivity index (χ1n) is 6.59. The molecule has 0 saturated carbocycles. The van der Waals surface area contributed by atoms with Crippen molar-refractivity contribution in [1.82, 2.24) is 4.98 Å². The zero-order valence-corrected chi connectivity index (χ0v) is 11.5. The number of hydrogen-bond acceptors (Lipinski definition) is 3. The summed E-state index contributed by atoms with van der Waals surface area (Å²) in [5.41, 5.74) is 6.66. The topological polar surface area (TPSA) is 16.1 Å². The number of benzene rings is 1. The summed E-state index contributed by atoms with van der Waals surface area (Å²) in [6.07, 6.45) is 3.68. The number of rotatable bonds is 3. The van der Waals surface area contributed by atoms with Gasteiger partial charge in [-0.15, -0.1) is 11.3 Å². The van der Waals surface area contributed by atoms with Crippen molar-refractivity contribution in [1.29, 1.82) is 0 Å². The van der Waals surface area contributed by atoms with Crippen molar-refractivity contribution in [2.24, 2.45) is 0 Å². The van der Waals surface area contributed by atoms with E-state index in [-0.39, 0.29) is 0 Å². The Hall–Kier alpha value is -1.35. The van der Waals surface area contributed by atoms with Crippen LogP contribution in [-0.4, -0.2) is 18.1 Å². The molecule has 1 aromatic heterocycles. The Morgan fingerprint density at radius 2 is 1.94 bits per heavy atom. The molecule has 1 aromatic carbocycles. The van der Waals surface area contributed by atoms with Gasteiger partial charge in [0.05, 0.1) is 5.69 Å². The minimum atomic E-state index is 1.03. The number of aromatic nitrogens is 1. The van der Waals surface area contributed by atoms with Gasteiger partial charge < -0.3 is 4.90 Å². The van der Waals surface area contributed by atoms with Crippen LogP contribution >= 0.6 is 11.3 Å². The van der Waals surface area contributed by atoms with Crippen molar-refractivity contribution >= 4 is 17.0 Å². The summed E-state index contributed by atoms with van der Waals surface area (Å²) >= 11 is 1.63. The van der Waals surface area contributed by atoms with Gasteiger partial charge in [-0.25, -0.2) is 4.98 Å². The summed E-state index contributed by atoms with van der Waals surface area (Å²) in [5.74, 6) is 0. The third kappa shape index (κ3) is 2.15. The average molecular weight is 257 g/mol. The summed E-state index contributed by atoms with van der Waals surface area (Å²) in [7, 11) is 0. The van der Waals surface area contributed by atoms with Gasteiger partial charge >= 0.3 is 0 Å². The van der Waals surface area contributed by atoms with Crippen molar-refractivity contribution in [2.45, 2.75) is 26.2 Å². The quantitative estimate of drug-likeness (QED) is 0.832. The number of aryl methyl sites for hydroxylation is 1. The third-order valence-electron chi connectivity index (χ3n) is 3.52. The maximum absolute atomic E-state index is 4.36. The lowest BCUT2D eigenvalue weighted by Gasteiger charge is -2.17. The second-order valence-electron chi connectivity index (χ2n) is 4.67. The second-order valence-corrected chi connectivity index (χ2v) is 5.55. The zero-order valence-electron chi connectivity index (χ0n) is 10.6. The van der Waals surface area contributed by atoms with Gasteiger partial charge in [-0.2, -0.15) is 0 Å². The molecule has 0 spiro atoms. The Bertz CT molecular complexity index is 510. The first kappa shape index (κ1) is 11.7. The average Bonchev–Trinajstić information content (AvgIpc) is 3.10. The van der Waals surface area contributed by atoms with Gasteiger partial charge in [-0.05, 0) is 31.4 Å². The Morgan fingerprint density at radius 1 is 1.22 bits per heavy atom. The van der Waals surface area contributed by atoms with Gasteiger partial charge in [0.2, 0.25) is 0 Å². The van der Waals surface area contributed by atoms with Gasteiger partial charge in [0, 0.05) is 29.2 Å². The Labute approximate surface area is 112 Å². The summed E-state index contributed by atoms with van der Waals surface area (Å²) in [4.78, 5) is 8.14. The largest absolute Gasteiger partial charge is 0.372 e. The number of thiazole rings is 1. The van der Waals surface area contributed by atoms with E-state index in [4.69, 9.17) is 0 Å². The van der Waals surface area contributed by atoms with Crippen molar-refractivity contribution in [3.05, 3.63) is 34.7 Å². The SMILES string of the molecule is CCc1s[c]nc1-c1ccc(N2CCCC2)cc1. The molecule has 0 N–H and O–H groups in total. The molecule has 2 aromatic rings. The Kier molecular flexibility index (Phi) is 3.33. The van der Waals surface area contributed by atoms with Crippen LogP contribution < -0.4 is 4.90 Å². The van der Waals surface area contributed by atoms with Crippen molar-refractivity contribution in [2.75, 3.05) is 18.0 Å². The first-order chi connectivity index (χ1) is 8.88. The van der Waals surface area contributed by atoms with E-state index < -0.39 is 0 Å². The fourth-order valence-electron chi connectivity index (χ4n) is 2.50. The van der Waals surface area contributed by atoms with E-state index in [0.717, 1.165) is 12.1 Å². The van der Waals surface area contributed by atoms with E-state index in [0.29, 0.717) is 0 Å². The number of anilines is 1. The number of nitrogens with zero attached hydrogens (tertiary/aromatic N) is 2. The summed E-state index contributed by atoms with van der Waals surface area (Å²) in [6.45, 7) is 4.57. The smallest absolute Gasteiger partial charge is 0.153 e. The van der Waals surface area contributed by atoms with E-state index in [1.165, 1.54) is 42.1 Å². The van der Waals surface area contributed by atoms with Crippen LogP contribution in [0.1, 0.15) is 24.6 Å². The molecule has 2 heterocycles. The summed E-state index contributed by atoms with van der Waals surface area (Å²) < 4.78 is 0. The molecule has 2 nitrogen and oxygen atoms in total. The molecule has 3 rings (SSSR count). The molecular formula is C15H17N2S. The van der Waals surface area contributed by atoms with Crippen molar-refractivity contribution in [3.8, 4) is 11.3 Å². The van der Waals surface area contributed by atoms with Crippen molar-refractivity contribution < 1.29 is 0 Å². The predicted octanol–water partition coefficient (Wildman–Crippen LogP) is 3.77. The van der Waals surface area contributed by atoms with Gasteiger partial charge in [0.15, 0.2) is 5.51 Å². The molecule has 0 bridgehead atoms. The van der Waals surface area contributed by atoms with Crippen LogP contribution in [0, 0.1) is 5.51 Å². The Balaban J connectivity index is 1.86. The highest BCUT2D eigenvalue weighted by Gasteiger charge is 2.13. The summed E-state index contributed by atoms with van der Waals surface area (Å²) in [5, 5.41) is 0. The normalized spacial score (nSPS) is 15.3. The molecule has 3 heteroatoms. The number of hydrogen-bond donors (Lipinski definition) is 0. The lowest BCUT2D eigenvalue weighted by molar-refractivity contribution is 0.949.